The van der Waals surface area contributed by atoms with Crippen LogP contribution in [0.1, 0.15) is 21.6 Å². The van der Waals surface area contributed by atoms with Crippen molar-refractivity contribution in [2.45, 2.75) is 13.0 Å². The standard InChI is InChI=1S/C15H14N2O2/c18-15(19)12-8-11-6-7-16-9-13(11)17-14(12)10-4-2-1-3-5-10/h1-5,8,16H,6-7,9H2,(H,18,19). The molecule has 0 unspecified atom stereocenters. The van der Waals surface area contributed by atoms with E-state index < -0.39 is 5.97 Å². The van der Waals surface area contributed by atoms with E-state index in [1.807, 2.05) is 30.3 Å². The number of benzene rings is 1. The molecule has 0 saturated heterocycles. The summed E-state index contributed by atoms with van der Waals surface area (Å²) in [7, 11) is 0. The van der Waals surface area contributed by atoms with Crippen molar-refractivity contribution in [2.24, 2.45) is 0 Å². The molecule has 19 heavy (non-hydrogen) atoms. The number of carboxylic acids is 1. The first-order chi connectivity index (χ1) is 9.25. The average molecular weight is 254 g/mol. The molecule has 0 atom stereocenters. The molecule has 0 amide bonds. The first-order valence-electron chi connectivity index (χ1n) is 6.28. The third-order valence-electron chi connectivity index (χ3n) is 3.33. The number of hydrogen-bond donors (Lipinski definition) is 2. The Morgan fingerprint density at radius 2 is 2.05 bits per heavy atom. The molecule has 0 saturated carbocycles. The lowest BCUT2D eigenvalue weighted by atomic mass is 9.99. The zero-order valence-corrected chi connectivity index (χ0v) is 10.4. The van der Waals surface area contributed by atoms with E-state index in [0.717, 1.165) is 29.8 Å². The first kappa shape index (κ1) is 11.9. The van der Waals surface area contributed by atoms with Crippen LogP contribution in [0.25, 0.3) is 11.3 Å². The summed E-state index contributed by atoms with van der Waals surface area (Å²) in [6, 6.07) is 11.2. The van der Waals surface area contributed by atoms with E-state index >= 15 is 0 Å². The van der Waals surface area contributed by atoms with Crippen molar-refractivity contribution in [3.8, 4) is 11.3 Å². The largest absolute Gasteiger partial charge is 0.478 e. The number of carboxylic acid groups (broad SMARTS) is 1. The van der Waals surface area contributed by atoms with Crippen molar-refractivity contribution in [1.82, 2.24) is 10.3 Å². The lowest BCUT2D eigenvalue weighted by Gasteiger charge is -2.18. The van der Waals surface area contributed by atoms with Gasteiger partial charge in [-0.15, -0.1) is 0 Å². The van der Waals surface area contributed by atoms with Crippen molar-refractivity contribution in [2.75, 3.05) is 6.54 Å². The summed E-state index contributed by atoms with van der Waals surface area (Å²) < 4.78 is 0. The van der Waals surface area contributed by atoms with Gasteiger partial charge in [-0.05, 0) is 24.6 Å². The van der Waals surface area contributed by atoms with Crippen LogP contribution in [0.2, 0.25) is 0 Å². The second-order valence-electron chi connectivity index (χ2n) is 4.59. The third kappa shape index (κ3) is 2.22. The van der Waals surface area contributed by atoms with Gasteiger partial charge >= 0.3 is 5.97 Å². The molecule has 0 aliphatic carbocycles. The molecular formula is C15H14N2O2. The molecule has 4 heteroatoms. The number of hydrogen-bond acceptors (Lipinski definition) is 3. The lowest BCUT2D eigenvalue weighted by molar-refractivity contribution is 0.0697. The lowest BCUT2D eigenvalue weighted by Crippen LogP contribution is -2.25. The molecule has 2 N–H and O–H groups in total. The smallest absolute Gasteiger partial charge is 0.337 e. The Morgan fingerprint density at radius 1 is 1.26 bits per heavy atom. The number of nitrogens with one attached hydrogen (secondary N) is 1. The maximum Gasteiger partial charge on any atom is 0.337 e. The van der Waals surface area contributed by atoms with Gasteiger partial charge in [-0.3, -0.25) is 4.98 Å². The molecule has 2 aromatic rings. The van der Waals surface area contributed by atoms with Crippen LogP contribution in [0.4, 0.5) is 0 Å². The van der Waals surface area contributed by atoms with Crippen LogP contribution in [0.15, 0.2) is 36.4 Å². The molecule has 96 valence electrons. The van der Waals surface area contributed by atoms with Crippen LogP contribution in [-0.4, -0.2) is 22.6 Å². The number of carbonyl (C=O) groups is 1. The molecule has 1 aliphatic rings. The Bertz CT molecular complexity index is 624. The van der Waals surface area contributed by atoms with Crippen molar-refractivity contribution in [3.63, 3.8) is 0 Å². The Morgan fingerprint density at radius 3 is 2.79 bits per heavy atom. The van der Waals surface area contributed by atoms with Gasteiger partial charge in [-0.1, -0.05) is 30.3 Å². The van der Waals surface area contributed by atoms with Gasteiger partial charge in [0.25, 0.3) is 0 Å². The summed E-state index contributed by atoms with van der Waals surface area (Å²) in [5.41, 5.74) is 3.67. The molecule has 4 nitrogen and oxygen atoms in total. The summed E-state index contributed by atoms with van der Waals surface area (Å²) in [5.74, 6) is -0.923. The number of nitrogens with zero attached hydrogens (tertiary/aromatic N) is 1. The average Bonchev–Trinajstić information content (AvgIpc) is 2.46. The van der Waals surface area contributed by atoms with Gasteiger partial charge < -0.3 is 10.4 Å². The molecule has 0 bridgehead atoms. The number of aromatic nitrogens is 1. The Kier molecular flexibility index (Phi) is 3.01. The normalized spacial score (nSPS) is 13.9. The van der Waals surface area contributed by atoms with Crippen LogP contribution in [-0.2, 0) is 13.0 Å². The van der Waals surface area contributed by atoms with Gasteiger partial charge in [0.1, 0.15) is 0 Å². The van der Waals surface area contributed by atoms with Crippen LogP contribution in [0.5, 0.6) is 0 Å². The first-order valence-corrected chi connectivity index (χ1v) is 6.28. The van der Waals surface area contributed by atoms with E-state index in [2.05, 4.69) is 10.3 Å². The van der Waals surface area contributed by atoms with Crippen LogP contribution in [0.3, 0.4) is 0 Å². The van der Waals surface area contributed by atoms with Crippen molar-refractivity contribution in [1.29, 1.82) is 0 Å². The summed E-state index contributed by atoms with van der Waals surface area (Å²) >= 11 is 0. The quantitative estimate of drug-likeness (QED) is 0.861. The number of rotatable bonds is 2. The molecule has 0 radical (unpaired) electrons. The van der Waals surface area contributed by atoms with Crippen molar-refractivity contribution in [3.05, 3.63) is 53.2 Å². The van der Waals surface area contributed by atoms with Crippen LogP contribution >= 0.6 is 0 Å². The Balaban J connectivity index is 2.19. The predicted octanol–water partition coefficient (Wildman–Crippen LogP) is 2.09. The zero-order chi connectivity index (χ0) is 13.2. The SMILES string of the molecule is O=C(O)c1cc2c(nc1-c1ccccc1)CNCC2. The van der Waals surface area contributed by atoms with Gasteiger partial charge in [0.15, 0.2) is 0 Å². The minimum absolute atomic E-state index is 0.284. The Hall–Kier alpha value is -2.20. The fraction of sp³-hybridized carbons (Fsp3) is 0.200. The van der Waals surface area contributed by atoms with E-state index in [4.69, 9.17) is 0 Å². The number of aromatic carboxylic acids is 1. The van der Waals surface area contributed by atoms with Gasteiger partial charge in [0, 0.05) is 12.1 Å². The maximum absolute atomic E-state index is 11.4. The van der Waals surface area contributed by atoms with Crippen molar-refractivity contribution >= 4 is 5.97 Å². The summed E-state index contributed by atoms with van der Waals surface area (Å²) in [4.78, 5) is 16.0. The monoisotopic (exact) mass is 254 g/mol. The molecular weight excluding hydrogens is 240 g/mol. The van der Waals surface area contributed by atoms with Crippen molar-refractivity contribution < 1.29 is 9.90 Å². The van der Waals surface area contributed by atoms with E-state index in [1.165, 1.54) is 0 Å². The summed E-state index contributed by atoms with van der Waals surface area (Å²) in [6.45, 7) is 1.58. The van der Waals surface area contributed by atoms with E-state index in [9.17, 15) is 9.90 Å². The fourth-order valence-electron chi connectivity index (χ4n) is 2.37. The third-order valence-corrected chi connectivity index (χ3v) is 3.33. The maximum atomic E-state index is 11.4. The second kappa shape index (κ2) is 4.82. The minimum atomic E-state index is -0.923. The van der Waals surface area contributed by atoms with E-state index in [0.29, 0.717) is 12.2 Å². The molecule has 1 aromatic heterocycles. The molecule has 1 aliphatic heterocycles. The van der Waals surface area contributed by atoms with Gasteiger partial charge in [0.2, 0.25) is 0 Å². The van der Waals surface area contributed by atoms with Crippen LogP contribution in [0, 0.1) is 0 Å². The molecule has 0 spiro atoms. The minimum Gasteiger partial charge on any atom is -0.478 e. The summed E-state index contributed by atoms with van der Waals surface area (Å²) in [6.07, 6.45) is 0.831. The second-order valence-corrected chi connectivity index (χ2v) is 4.59. The highest BCUT2D eigenvalue weighted by Gasteiger charge is 2.19. The summed E-state index contributed by atoms with van der Waals surface area (Å²) in [5, 5.41) is 12.6. The van der Waals surface area contributed by atoms with Gasteiger partial charge in [-0.25, -0.2) is 4.79 Å². The van der Waals surface area contributed by atoms with E-state index in [-0.39, 0.29) is 5.56 Å². The fourth-order valence-corrected chi connectivity index (χ4v) is 2.37. The molecule has 0 fully saturated rings. The molecule has 1 aromatic carbocycles. The predicted molar refractivity (Wildman–Crippen MR) is 72.0 cm³/mol. The zero-order valence-electron chi connectivity index (χ0n) is 10.4. The van der Waals surface area contributed by atoms with Gasteiger partial charge in [-0.2, -0.15) is 0 Å². The highest BCUT2D eigenvalue weighted by Crippen LogP contribution is 2.25. The topological polar surface area (TPSA) is 62.2 Å². The van der Waals surface area contributed by atoms with E-state index in [1.54, 1.807) is 6.07 Å². The van der Waals surface area contributed by atoms with Gasteiger partial charge in [0.05, 0.1) is 17.0 Å². The number of fused-ring (bicyclic) bond motifs is 1. The highest BCUT2D eigenvalue weighted by molar-refractivity contribution is 5.95. The highest BCUT2D eigenvalue weighted by atomic mass is 16.4. The Labute approximate surface area is 111 Å². The van der Waals surface area contributed by atoms with Crippen LogP contribution < -0.4 is 5.32 Å². The molecule has 3 rings (SSSR count). The number of pyridine rings is 1. The molecule has 2 heterocycles.